The van der Waals surface area contributed by atoms with Crippen molar-refractivity contribution in [3.8, 4) is 0 Å². The van der Waals surface area contributed by atoms with E-state index in [0.717, 1.165) is 0 Å². The fourth-order valence-corrected chi connectivity index (χ4v) is 0. The monoisotopic (exact) mass is 238 g/mol. The maximum atomic E-state index is 8.33. The fraction of sp³-hybridized carbons (Fsp3) is 0. The molecule has 0 fully saturated rings. The van der Waals surface area contributed by atoms with E-state index in [1.54, 1.807) is 0 Å². The molecule has 0 spiro atoms. The third-order valence-electron chi connectivity index (χ3n) is 0. The van der Waals surface area contributed by atoms with Gasteiger partial charge in [0.15, 0.2) is 0 Å². The van der Waals surface area contributed by atoms with Crippen molar-refractivity contribution in [1.82, 2.24) is 0 Å². The van der Waals surface area contributed by atoms with Gasteiger partial charge in [0.2, 0.25) is 0 Å². The number of hydrogen-bond donors (Lipinski definition) is 0. The molecule has 0 amide bonds. The summed E-state index contributed by atoms with van der Waals surface area (Å²) < 4.78 is 8.33. The molecular formula is F2OW. The van der Waals surface area contributed by atoms with E-state index in [1.807, 2.05) is 0 Å². The zero-order valence-electron chi connectivity index (χ0n) is 1.57. The van der Waals surface area contributed by atoms with Crippen LogP contribution >= 0.6 is 0 Å². The molecule has 0 saturated heterocycles. The van der Waals surface area contributed by atoms with Gasteiger partial charge in [0.05, 0.1) is 0 Å². The minimum absolute atomic E-state index is 0. The molecule has 0 aliphatic rings. The summed E-state index contributed by atoms with van der Waals surface area (Å²) in [4.78, 5) is 0. The van der Waals surface area contributed by atoms with Crippen LogP contribution in [0.1, 0.15) is 0 Å². The van der Waals surface area contributed by atoms with Crippen LogP contribution in [0.2, 0.25) is 0 Å². The molecule has 4 heavy (non-hydrogen) atoms. The van der Waals surface area contributed by atoms with Crippen molar-refractivity contribution < 1.29 is 32.6 Å². The second kappa shape index (κ2) is 152. The first-order valence-corrected chi connectivity index (χ1v) is 1.36. The van der Waals surface area contributed by atoms with Crippen molar-refractivity contribution >= 4 is 0 Å². The Morgan fingerprint density at radius 1 is 1.00 bits per heavy atom. The maximum absolute atomic E-state index is 8.33. The SMILES string of the molecule is [F-].[F-].[O]=[W+2]. The molecule has 0 unspecified atom stereocenters. The van der Waals surface area contributed by atoms with E-state index in [2.05, 4.69) is 0 Å². The minimum atomic E-state index is 0. The molecule has 4 heteroatoms. The molecule has 0 aromatic heterocycles. The van der Waals surface area contributed by atoms with Crippen molar-refractivity contribution in [1.29, 1.82) is 0 Å². The van der Waals surface area contributed by atoms with Gasteiger partial charge in [-0.3, -0.25) is 0 Å². The van der Waals surface area contributed by atoms with E-state index >= 15 is 0 Å². The van der Waals surface area contributed by atoms with Gasteiger partial charge in [0, 0.05) is 0 Å². The molecule has 0 N–H and O–H groups in total. The van der Waals surface area contributed by atoms with Gasteiger partial charge in [-0.25, -0.2) is 0 Å². The van der Waals surface area contributed by atoms with Crippen LogP contribution in [0.25, 0.3) is 0 Å². The topological polar surface area (TPSA) is 17.1 Å². The first kappa shape index (κ1) is 26.8. The fourth-order valence-electron chi connectivity index (χ4n) is 0. The van der Waals surface area contributed by atoms with Crippen LogP contribution in [-0.2, 0) is 23.2 Å². The molecule has 0 rings (SSSR count). The number of hydrogen-bond acceptors (Lipinski definition) is 1. The van der Waals surface area contributed by atoms with Gasteiger partial charge < -0.3 is 9.41 Å². The zero-order valence-corrected chi connectivity index (χ0v) is 4.51. The molecule has 0 saturated carbocycles. The van der Waals surface area contributed by atoms with Gasteiger partial charge >= 0.3 is 23.2 Å². The van der Waals surface area contributed by atoms with Gasteiger partial charge in [0.25, 0.3) is 0 Å². The predicted molar refractivity (Wildman–Crippen MR) is 0.686 cm³/mol. The van der Waals surface area contributed by atoms with E-state index in [-0.39, 0.29) is 9.41 Å². The average molecular weight is 238 g/mol. The second-order valence-corrected chi connectivity index (χ2v) is 0. The molecule has 0 aliphatic carbocycles. The third kappa shape index (κ3) is 35.2. The van der Waals surface area contributed by atoms with Gasteiger partial charge in [-0.15, -0.1) is 0 Å². The van der Waals surface area contributed by atoms with Crippen molar-refractivity contribution in [2.75, 3.05) is 0 Å². The van der Waals surface area contributed by atoms with Gasteiger partial charge in [0.1, 0.15) is 0 Å². The van der Waals surface area contributed by atoms with E-state index in [0.29, 0.717) is 19.8 Å². The molecule has 0 bridgehead atoms. The van der Waals surface area contributed by atoms with Crippen LogP contribution < -0.4 is 9.41 Å². The van der Waals surface area contributed by atoms with Gasteiger partial charge in [-0.1, -0.05) is 0 Å². The number of halogens is 2. The Bertz CT molecular complexity index is 6.00. The van der Waals surface area contributed by atoms with Crippen LogP contribution in [0.4, 0.5) is 0 Å². The van der Waals surface area contributed by atoms with Crippen LogP contribution in [0, 0.1) is 0 Å². The summed E-state index contributed by atoms with van der Waals surface area (Å²) in [5.74, 6) is 0. The summed E-state index contributed by atoms with van der Waals surface area (Å²) in [5.41, 5.74) is 0. The molecule has 0 aromatic rings. The normalized spacial score (nSPS) is 0.750. The first-order valence-electron chi connectivity index (χ1n) is 0.167. The average Bonchev–Trinajstić information content (AvgIpc) is 1.00. The van der Waals surface area contributed by atoms with Crippen LogP contribution in [0.15, 0.2) is 0 Å². The molecular weight excluding hydrogens is 238 g/mol. The zero-order chi connectivity index (χ0) is 2.00. The van der Waals surface area contributed by atoms with Gasteiger partial charge in [-0.2, -0.15) is 0 Å². The van der Waals surface area contributed by atoms with E-state index in [1.165, 1.54) is 0 Å². The van der Waals surface area contributed by atoms with Crippen molar-refractivity contribution in [2.24, 2.45) is 0 Å². The Morgan fingerprint density at radius 3 is 1.00 bits per heavy atom. The Kier molecular flexibility index (Phi) is 1020. The summed E-state index contributed by atoms with van der Waals surface area (Å²) in [6.45, 7) is 0. The summed E-state index contributed by atoms with van der Waals surface area (Å²) in [6.07, 6.45) is 0. The van der Waals surface area contributed by atoms with Crippen molar-refractivity contribution in [2.45, 2.75) is 0 Å². The molecule has 1 nitrogen and oxygen atoms in total. The summed E-state index contributed by atoms with van der Waals surface area (Å²) in [6, 6.07) is 0. The Hall–Kier alpha value is 0.348. The summed E-state index contributed by atoms with van der Waals surface area (Å²) in [5, 5.41) is 0. The third-order valence-corrected chi connectivity index (χ3v) is 0. The molecule has 26 valence electrons. The standard InChI is InChI=1S/2FH.O.W/h2*1H;;/q;;;+2/p-2. The Labute approximate surface area is 33.3 Å². The molecule has 0 atom stereocenters. The van der Waals surface area contributed by atoms with Crippen LogP contribution in [-0.4, -0.2) is 0 Å². The van der Waals surface area contributed by atoms with Crippen molar-refractivity contribution in [3.05, 3.63) is 0 Å². The molecule has 0 aromatic carbocycles. The van der Waals surface area contributed by atoms with E-state index < -0.39 is 0 Å². The van der Waals surface area contributed by atoms with Crippen molar-refractivity contribution in [3.63, 3.8) is 0 Å². The second-order valence-electron chi connectivity index (χ2n) is 0. The Morgan fingerprint density at radius 2 is 1.00 bits per heavy atom. The van der Waals surface area contributed by atoms with E-state index in [4.69, 9.17) is 3.40 Å². The van der Waals surface area contributed by atoms with Gasteiger partial charge in [-0.05, 0) is 0 Å². The Balaban J connectivity index is -0.00000000500. The molecule has 0 aliphatic heterocycles. The molecule has 0 radical (unpaired) electrons. The van der Waals surface area contributed by atoms with E-state index in [9.17, 15) is 0 Å². The van der Waals surface area contributed by atoms with Crippen LogP contribution in [0.5, 0.6) is 0 Å². The summed E-state index contributed by atoms with van der Waals surface area (Å²) in [7, 11) is 0. The first-order chi connectivity index (χ1) is 1.00. The predicted octanol–water partition coefficient (Wildman–Crippen LogP) is -6.11. The van der Waals surface area contributed by atoms with Crippen LogP contribution in [0.3, 0.4) is 0 Å². The quantitative estimate of drug-likeness (QED) is 0.410. The molecule has 0 heterocycles. The number of rotatable bonds is 0. The summed E-state index contributed by atoms with van der Waals surface area (Å²) >= 11 is 0.333.